The van der Waals surface area contributed by atoms with Gasteiger partial charge in [0.25, 0.3) is 0 Å². The molecule has 0 fully saturated rings. The zero-order valence-electron chi connectivity index (χ0n) is 11.9. The normalized spacial score (nSPS) is 11.4. The Kier molecular flexibility index (Phi) is 3.28. The highest BCUT2D eigenvalue weighted by molar-refractivity contribution is 5.67. The Morgan fingerprint density at radius 2 is 1.85 bits per heavy atom. The zero-order valence-corrected chi connectivity index (χ0v) is 11.9. The van der Waals surface area contributed by atoms with Gasteiger partial charge >= 0.3 is 0 Å². The number of nitrogens with zero attached hydrogens (tertiary/aromatic N) is 2. The molecule has 0 aliphatic carbocycles. The van der Waals surface area contributed by atoms with Gasteiger partial charge in [-0.2, -0.15) is 0 Å². The van der Waals surface area contributed by atoms with E-state index >= 15 is 0 Å². The number of hydrogen-bond acceptors (Lipinski definition) is 2. The number of aromatic nitrogens is 2. The number of hydrogen-bond donors (Lipinski definition) is 1. The van der Waals surface area contributed by atoms with Crippen molar-refractivity contribution in [1.82, 2.24) is 9.38 Å². The summed E-state index contributed by atoms with van der Waals surface area (Å²) >= 11 is 0. The molecule has 0 radical (unpaired) electrons. The van der Waals surface area contributed by atoms with Crippen LogP contribution >= 0.6 is 0 Å². The van der Waals surface area contributed by atoms with Gasteiger partial charge in [0.15, 0.2) is 0 Å². The van der Waals surface area contributed by atoms with Gasteiger partial charge in [0.2, 0.25) is 0 Å². The molecule has 3 rings (SSSR count). The number of benzene rings is 1. The maximum absolute atomic E-state index is 5.75. The van der Waals surface area contributed by atoms with Crippen LogP contribution in [0.3, 0.4) is 0 Å². The average Bonchev–Trinajstić information content (AvgIpc) is 2.86. The molecule has 0 amide bonds. The number of rotatable bonds is 3. The van der Waals surface area contributed by atoms with Crippen LogP contribution in [0.2, 0.25) is 0 Å². The third-order valence-corrected chi connectivity index (χ3v) is 3.55. The lowest BCUT2D eigenvalue weighted by atomic mass is 10.0. The SMILES string of the molecule is CC(C)c1c(-c2ccccc2)nc2ccc(CN)cn12. The van der Waals surface area contributed by atoms with E-state index in [1.54, 1.807) is 0 Å². The van der Waals surface area contributed by atoms with Crippen LogP contribution in [-0.4, -0.2) is 9.38 Å². The lowest BCUT2D eigenvalue weighted by molar-refractivity contribution is 0.807. The Balaban J connectivity index is 2.29. The van der Waals surface area contributed by atoms with Crippen molar-refractivity contribution in [1.29, 1.82) is 0 Å². The van der Waals surface area contributed by atoms with E-state index < -0.39 is 0 Å². The molecule has 0 unspecified atom stereocenters. The minimum atomic E-state index is 0.397. The molecule has 102 valence electrons. The molecule has 0 spiro atoms. The van der Waals surface area contributed by atoms with Crippen molar-refractivity contribution in [2.24, 2.45) is 5.73 Å². The van der Waals surface area contributed by atoms with Crippen molar-refractivity contribution in [3.8, 4) is 11.3 Å². The topological polar surface area (TPSA) is 43.3 Å². The van der Waals surface area contributed by atoms with Crippen molar-refractivity contribution in [2.45, 2.75) is 26.3 Å². The van der Waals surface area contributed by atoms with Crippen LogP contribution in [0.4, 0.5) is 0 Å². The van der Waals surface area contributed by atoms with E-state index in [-0.39, 0.29) is 0 Å². The van der Waals surface area contributed by atoms with Crippen molar-refractivity contribution in [2.75, 3.05) is 0 Å². The molecule has 3 nitrogen and oxygen atoms in total. The summed E-state index contributed by atoms with van der Waals surface area (Å²) in [4.78, 5) is 4.80. The molecule has 2 heterocycles. The minimum absolute atomic E-state index is 0.397. The Morgan fingerprint density at radius 1 is 1.10 bits per heavy atom. The second kappa shape index (κ2) is 5.10. The number of imidazole rings is 1. The van der Waals surface area contributed by atoms with Crippen LogP contribution in [0.15, 0.2) is 48.7 Å². The molecule has 0 atom stereocenters. The van der Waals surface area contributed by atoms with Crippen molar-refractivity contribution in [3.05, 3.63) is 59.9 Å². The Labute approximate surface area is 119 Å². The summed E-state index contributed by atoms with van der Waals surface area (Å²) in [5, 5.41) is 0. The van der Waals surface area contributed by atoms with E-state index in [0.29, 0.717) is 12.5 Å². The van der Waals surface area contributed by atoms with E-state index in [9.17, 15) is 0 Å². The summed E-state index contributed by atoms with van der Waals surface area (Å²) in [6, 6.07) is 14.4. The van der Waals surface area contributed by atoms with E-state index in [0.717, 1.165) is 22.5 Å². The van der Waals surface area contributed by atoms with Crippen LogP contribution in [-0.2, 0) is 6.54 Å². The first-order valence-electron chi connectivity index (χ1n) is 6.97. The molecule has 2 N–H and O–H groups in total. The predicted molar refractivity (Wildman–Crippen MR) is 82.6 cm³/mol. The van der Waals surface area contributed by atoms with E-state index in [1.165, 1.54) is 5.69 Å². The third kappa shape index (κ3) is 2.10. The van der Waals surface area contributed by atoms with Gasteiger partial charge in [0, 0.05) is 18.3 Å². The number of nitrogens with two attached hydrogens (primary N) is 1. The van der Waals surface area contributed by atoms with Crippen LogP contribution in [0, 0.1) is 0 Å². The first-order valence-corrected chi connectivity index (χ1v) is 6.97. The highest BCUT2D eigenvalue weighted by Gasteiger charge is 2.16. The number of fused-ring (bicyclic) bond motifs is 1. The van der Waals surface area contributed by atoms with E-state index in [4.69, 9.17) is 10.7 Å². The molecule has 20 heavy (non-hydrogen) atoms. The van der Waals surface area contributed by atoms with E-state index in [1.807, 2.05) is 18.2 Å². The minimum Gasteiger partial charge on any atom is -0.326 e. The Hall–Kier alpha value is -2.13. The Bertz CT molecular complexity index is 727. The molecular formula is C17H19N3. The fourth-order valence-corrected chi connectivity index (χ4v) is 2.59. The van der Waals surface area contributed by atoms with Gasteiger partial charge in [-0.1, -0.05) is 50.2 Å². The lowest BCUT2D eigenvalue weighted by Gasteiger charge is -2.09. The van der Waals surface area contributed by atoms with Gasteiger partial charge in [-0.15, -0.1) is 0 Å². The molecule has 0 aliphatic heterocycles. The fraction of sp³-hybridized carbons (Fsp3) is 0.235. The summed E-state index contributed by atoms with van der Waals surface area (Å²) < 4.78 is 2.18. The van der Waals surface area contributed by atoms with Crippen LogP contribution < -0.4 is 5.73 Å². The van der Waals surface area contributed by atoms with E-state index in [2.05, 4.69) is 48.7 Å². The molecule has 1 aromatic carbocycles. The second-order valence-corrected chi connectivity index (χ2v) is 5.34. The molecule has 0 aliphatic rings. The maximum atomic E-state index is 5.75. The highest BCUT2D eigenvalue weighted by Crippen LogP contribution is 2.29. The molecule has 3 aromatic rings. The van der Waals surface area contributed by atoms with Gasteiger partial charge in [-0.05, 0) is 17.5 Å². The standard InChI is InChI=1S/C17H19N3/c1-12(2)17-16(14-6-4-3-5-7-14)19-15-9-8-13(10-18)11-20(15)17/h3-9,11-12H,10,18H2,1-2H3. The summed E-state index contributed by atoms with van der Waals surface area (Å²) in [5.74, 6) is 0.397. The van der Waals surface area contributed by atoms with Crippen molar-refractivity contribution >= 4 is 5.65 Å². The summed E-state index contributed by atoms with van der Waals surface area (Å²) in [5.41, 5.74) is 11.3. The summed E-state index contributed by atoms with van der Waals surface area (Å²) in [6.45, 7) is 4.95. The maximum Gasteiger partial charge on any atom is 0.137 e. The summed E-state index contributed by atoms with van der Waals surface area (Å²) in [7, 11) is 0. The fourth-order valence-electron chi connectivity index (χ4n) is 2.59. The molecule has 0 saturated heterocycles. The van der Waals surface area contributed by atoms with Gasteiger partial charge in [0.05, 0.1) is 11.4 Å². The van der Waals surface area contributed by atoms with Gasteiger partial charge < -0.3 is 10.1 Å². The lowest BCUT2D eigenvalue weighted by Crippen LogP contribution is -2.01. The quantitative estimate of drug-likeness (QED) is 0.786. The smallest absolute Gasteiger partial charge is 0.137 e. The summed E-state index contributed by atoms with van der Waals surface area (Å²) in [6.07, 6.45) is 2.10. The zero-order chi connectivity index (χ0) is 14.1. The van der Waals surface area contributed by atoms with Crippen molar-refractivity contribution < 1.29 is 0 Å². The molecule has 0 bridgehead atoms. The average molecular weight is 265 g/mol. The largest absolute Gasteiger partial charge is 0.326 e. The van der Waals surface area contributed by atoms with Crippen LogP contribution in [0.1, 0.15) is 31.0 Å². The van der Waals surface area contributed by atoms with Gasteiger partial charge in [-0.3, -0.25) is 0 Å². The van der Waals surface area contributed by atoms with Crippen molar-refractivity contribution in [3.63, 3.8) is 0 Å². The van der Waals surface area contributed by atoms with Crippen LogP contribution in [0.5, 0.6) is 0 Å². The highest BCUT2D eigenvalue weighted by atomic mass is 15.0. The van der Waals surface area contributed by atoms with Gasteiger partial charge in [0.1, 0.15) is 5.65 Å². The molecule has 2 aromatic heterocycles. The van der Waals surface area contributed by atoms with Crippen LogP contribution in [0.25, 0.3) is 16.9 Å². The second-order valence-electron chi connectivity index (χ2n) is 5.34. The van der Waals surface area contributed by atoms with Gasteiger partial charge in [-0.25, -0.2) is 4.98 Å². The first-order chi connectivity index (χ1) is 9.70. The predicted octanol–water partition coefficient (Wildman–Crippen LogP) is 3.58. The first kappa shape index (κ1) is 12.9. The molecule has 3 heteroatoms. The third-order valence-electron chi connectivity index (χ3n) is 3.55. The molecule has 0 saturated carbocycles. The molecular weight excluding hydrogens is 246 g/mol. The Morgan fingerprint density at radius 3 is 2.50 bits per heavy atom. The number of pyridine rings is 1. The monoisotopic (exact) mass is 265 g/mol.